The molecule has 1 fully saturated rings. The van der Waals surface area contributed by atoms with E-state index in [-0.39, 0.29) is 17.4 Å². The lowest BCUT2D eigenvalue weighted by atomic mass is 9.92. The average molecular weight is 551 g/mol. The second-order valence-electron chi connectivity index (χ2n) is 11.7. The fourth-order valence-corrected chi connectivity index (χ4v) is 4.93. The summed E-state index contributed by atoms with van der Waals surface area (Å²) < 4.78 is 1.77. The summed E-state index contributed by atoms with van der Waals surface area (Å²) in [5.41, 5.74) is 6.61. The molecule has 4 aromatic rings. The number of amides is 3. The van der Waals surface area contributed by atoms with Crippen molar-refractivity contribution in [1.29, 1.82) is 0 Å². The Hall–Kier alpha value is -4.43. The van der Waals surface area contributed by atoms with Gasteiger partial charge in [0.1, 0.15) is 5.82 Å². The van der Waals surface area contributed by atoms with E-state index in [1.54, 1.807) is 4.68 Å². The van der Waals surface area contributed by atoms with Gasteiger partial charge in [0.2, 0.25) is 5.91 Å². The number of hydrogen-bond donors (Lipinski definition) is 2. The van der Waals surface area contributed by atoms with Gasteiger partial charge < -0.3 is 10.2 Å². The van der Waals surface area contributed by atoms with E-state index in [0.717, 1.165) is 40.3 Å². The highest BCUT2D eigenvalue weighted by molar-refractivity contribution is 5.99. The molecule has 1 aliphatic rings. The smallest absolute Gasteiger partial charge is 0.310 e. The molecule has 1 saturated heterocycles. The number of carbonyl (C=O) groups is 2. The van der Waals surface area contributed by atoms with Crippen LogP contribution in [0.1, 0.15) is 43.2 Å². The number of para-hydroxylation sites is 1. The lowest BCUT2D eigenvalue weighted by molar-refractivity contribution is -0.121. The van der Waals surface area contributed by atoms with Crippen LogP contribution in [0.2, 0.25) is 0 Å². The lowest BCUT2D eigenvalue weighted by Gasteiger charge is -2.35. The van der Waals surface area contributed by atoms with E-state index < -0.39 is 0 Å². The van der Waals surface area contributed by atoms with Crippen LogP contribution in [0.5, 0.6) is 0 Å². The Morgan fingerprint density at radius 1 is 0.902 bits per heavy atom. The number of nitrogens with one attached hydrogen (secondary N) is 2. The predicted molar refractivity (Wildman–Crippen MR) is 165 cm³/mol. The number of aromatic nitrogens is 2. The first kappa shape index (κ1) is 28.1. The molecule has 8 heteroatoms. The van der Waals surface area contributed by atoms with Gasteiger partial charge in [0.15, 0.2) is 0 Å². The number of hydrogen-bond acceptors (Lipinski definition) is 4. The third-order valence-electron chi connectivity index (χ3n) is 7.32. The summed E-state index contributed by atoms with van der Waals surface area (Å²) >= 11 is 0. The molecule has 0 aliphatic carbocycles. The van der Waals surface area contributed by atoms with Gasteiger partial charge in [-0.05, 0) is 55.3 Å². The van der Waals surface area contributed by atoms with Gasteiger partial charge in [0, 0.05) is 42.5 Å². The van der Waals surface area contributed by atoms with Crippen LogP contribution < -0.4 is 15.5 Å². The van der Waals surface area contributed by atoms with Gasteiger partial charge in [-0.15, -0.1) is 0 Å². The van der Waals surface area contributed by atoms with Gasteiger partial charge in [-0.1, -0.05) is 68.8 Å². The molecule has 0 atom stereocenters. The number of benzene rings is 3. The molecule has 3 aromatic carbocycles. The van der Waals surface area contributed by atoms with Gasteiger partial charge in [-0.2, -0.15) is 5.10 Å². The SMILES string of the molecule is Cc1ccc(-n2nc(C(C)(C)C)cc2NC(=O)Nc2ccc(CN3CCN(c4ccccc4C)C(=O)C3)cc2)cc1. The summed E-state index contributed by atoms with van der Waals surface area (Å²) in [5.74, 6) is 0.711. The molecule has 1 aliphatic heterocycles. The fourth-order valence-electron chi connectivity index (χ4n) is 4.93. The Balaban J connectivity index is 1.20. The van der Waals surface area contributed by atoms with Crippen LogP contribution >= 0.6 is 0 Å². The van der Waals surface area contributed by atoms with Crippen molar-refractivity contribution < 1.29 is 9.59 Å². The van der Waals surface area contributed by atoms with Crippen LogP contribution in [-0.4, -0.2) is 46.3 Å². The molecule has 8 nitrogen and oxygen atoms in total. The van der Waals surface area contributed by atoms with Crippen LogP contribution in [0, 0.1) is 13.8 Å². The topological polar surface area (TPSA) is 82.5 Å². The quantitative estimate of drug-likeness (QED) is 0.296. The van der Waals surface area contributed by atoms with Crippen molar-refractivity contribution in [3.63, 3.8) is 0 Å². The van der Waals surface area contributed by atoms with Crippen LogP contribution in [0.25, 0.3) is 5.69 Å². The normalized spacial score (nSPS) is 14.3. The molecule has 41 heavy (non-hydrogen) atoms. The summed E-state index contributed by atoms with van der Waals surface area (Å²) in [6.07, 6.45) is 0. The molecule has 0 unspecified atom stereocenters. The second kappa shape index (κ2) is 11.6. The molecule has 0 bridgehead atoms. The van der Waals surface area contributed by atoms with Gasteiger partial charge in [0.25, 0.3) is 0 Å². The largest absolute Gasteiger partial charge is 0.324 e. The molecular weight excluding hydrogens is 512 g/mol. The van der Waals surface area contributed by atoms with Crippen molar-refractivity contribution in [3.8, 4) is 5.69 Å². The Bertz CT molecular complexity index is 1530. The molecule has 1 aromatic heterocycles. The van der Waals surface area contributed by atoms with Crippen molar-refractivity contribution in [2.75, 3.05) is 35.2 Å². The number of anilines is 3. The van der Waals surface area contributed by atoms with Crippen molar-refractivity contribution in [3.05, 3.63) is 101 Å². The molecule has 2 heterocycles. The summed E-state index contributed by atoms with van der Waals surface area (Å²) in [6, 6.07) is 25.4. The molecule has 2 N–H and O–H groups in total. The zero-order chi connectivity index (χ0) is 29.1. The average Bonchev–Trinajstić information content (AvgIpc) is 3.35. The van der Waals surface area contributed by atoms with Crippen molar-refractivity contribution in [2.24, 2.45) is 0 Å². The van der Waals surface area contributed by atoms with Crippen LogP contribution in [0.15, 0.2) is 78.9 Å². The minimum Gasteiger partial charge on any atom is -0.310 e. The van der Waals surface area contributed by atoms with Crippen LogP contribution in [-0.2, 0) is 16.8 Å². The predicted octanol–water partition coefficient (Wildman–Crippen LogP) is 6.28. The third kappa shape index (κ3) is 6.66. The van der Waals surface area contributed by atoms with Crippen LogP contribution in [0.3, 0.4) is 0 Å². The molecule has 0 radical (unpaired) electrons. The molecule has 212 valence electrons. The maximum atomic E-state index is 13.0. The van der Waals surface area contributed by atoms with Gasteiger partial charge in [-0.3, -0.25) is 15.0 Å². The number of rotatable bonds is 6. The second-order valence-corrected chi connectivity index (χ2v) is 11.7. The van der Waals surface area contributed by atoms with Crippen molar-refractivity contribution in [1.82, 2.24) is 14.7 Å². The molecule has 5 rings (SSSR count). The highest BCUT2D eigenvalue weighted by Gasteiger charge is 2.26. The maximum absolute atomic E-state index is 13.0. The minimum atomic E-state index is -0.343. The Morgan fingerprint density at radius 2 is 1.61 bits per heavy atom. The first-order valence-corrected chi connectivity index (χ1v) is 14.0. The zero-order valence-corrected chi connectivity index (χ0v) is 24.4. The van der Waals surface area contributed by atoms with Crippen molar-refractivity contribution in [2.45, 2.75) is 46.6 Å². The Morgan fingerprint density at radius 3 is 2.27 bits per heavy atom. The number of carbonyl (C=O) groups excluding carboxylic acids is 2. The molecule has 0 spiro atoms. The van der Waals surface area contributed by atoms with E-state index >= 15 is 0 Å². The molecule has 3 amide bonds. The van der Waals surface area contributed by atoms with Gasteiger partial charge in [-0.25, -0.2) is 9.48 Å². The van der Waals surface area contributed by atoms with Crippen molar-refractivity contribution >= 4 is 29.1 Å². The summed E-state index contributed by atoms with van der Waals surface area (Å²) in [6.45, 7) is 12.9. The van der Waals surface area contributed by atoms with E-state index in [4.69, 9.17) is 5.10 Å². The first-order valence-electron chi connectivity index (χ1n) is 14.0. The maximum Gasteiger partial charge on any atom is 0.324 e. The highest BCUT2D eigenvalue weighted by Crippen LogP contribution is 2.27. The summed E-state index contributed by atoms with van der Waals surface area (Å²) in [4.78, 5) is 29.9. The van der Waals surface area contributed by atoms with E-state index in [1.807, 2.05) is 97.6 Å². The van der Waals surface area contributed by atoms with Gasteiger partial charge >= 0.3 is 6.03 Å². The monoisotopic (exact) mass is 550 g/mol. The first-order chi connectivity index (χ1) is 19.6. The number of piperazine rings is 1. The van der Waals surface area contributed by atoms with E-state index in [9.17, 15) is 9.59 Å². The van der Waals surface area contributed by atoms with Gasteiger partial charge in [0.05, 0.1) is 17.9 Å². The number of nitrogens with zero attached hydrogens (tertiary/aromatic N) is 4. The summed E-state index contributed by atoms with van der Waals surface area (Å²) in [7, 11) is 0. The third-order valence-corrected chi connectivity index (χ3v) is 7.32. The Kier molecular flexibility index (Phi) is 7.94. The van der Waals surface area contributed by atoms with E-state index in [1.165, 1.54) is 0 Å². The number of aryl methyl sites for hydroxylation is 2. The van der Waals surface area contributed by atoms with E-state index in [0.29, 0.717) is 31.1 Å². The highest BCUT2D eigenvalue weighted by atomic mass is 16.2. The lowest BCUT2D eigenvalue weighted by Crippen LogP contribution is -2.50. The minimum absolute atomic E-state index is 0.111. The molecular formula is C33H38N6O2. The van der Waals surface area contributed by atoms with E-state index in [2.05, 4.69) is 36.3 Å². The summed E-state index contributed by atoms with van der Waals surface area (Å²) in [5, 5.41) is 10.7. The van der Waals surface area contributed by atoms with Crippen LogP contribution in [0.4, 0.5) is 22.0 Å². The standard InChI is InChI=1S/C33H38N6O2/c1-23-10-16-27(17-11-23)39-30(20-29(36-39)33(3,4)5)35-32(41)34-26-14-12-25(13-15-26)21-37-18-19-38(31(40)22-37)28-9-7-6-8-24(28)2/h6-17,20H,18-19,21-22H2,1-5H3,(H2,34,35,41). The zero-order valence-electron chi connectivity index (χ0n) is 24.4. The number of urea groups is 1. The molecule has 0 saturated carbocycles. The Labute approximate surface area is 242 Å². The fraction of sp³-hybridized carbons (Fsp3) is 0.303.